The van der Waals surface area contributed by atoms with Crippen molar-refractivity contribution in [1.29, 1.82) is 0 Å². The smallest absolute Gasteiger partial charge is 0.337 e. The van der Waals surface area contributed by atoms with Gasteiger partial charge >= 0.3 is 11.9 Å². The average Bonchev–Trinajstić information content (AvgIpc) is 2.59. The van der Waals surface area contributed by atoms with Crippen LogP contribution in [0.1, 0.15) is 38.1 Å². The quantitative estimate of drug-likeness (QED) is 0.439. The Hall–Kier alpha value is -2.39. The van der Waals surface area contributed by atoms with Gasteiger partial charge in [-0.2, -0.15) is 0 Å². The number of benzene rings is 1. The molecule has 1 heterocycles. The van der Waals surface area contributed by atoms with Crippen LogP contribution in [0.2, 0.25) is 0 Å². The molecule has 2 aromatic rings. The molecule has 8 nitrogen and oxygen atoms in total. The molecular formula is C19H24N2O6S. The largest absolute Gasteiger partial charge is 0.465 e. The lowest BCUT2D eigenvalue weighted by molar-refractivity contribution is -0.151. The van der Waals surface area contributed by atoms with E-state index < -0.39 is 23.6 Å². The third-order valence-electron chi connectivity index (χ3n) is 3.53. The Kier molecular flexibility index (Phi) is 6.84. The number of hydrogen-bond donors (Lipinski definition) is 1. The molecule has 2 rings (SSSR count). The number of aliphatic hydroxyl groups excluding tert-OH is 1. The maximum absolute atomic E-state index is 12.9. The van der Waals surface area contributed by atoms with Gasteiger partial charge in [0.1, 0.15) is 5.60 Å². The van der Waals surface area contributed by atoms with E-state index >= 15 is 0 Å². The highest BCUT2D eigenvalue weighted by molar-refractivity contribution is 7.99. The Morgan fingerprint density at radius 2 is 2.00 bits per heavy atom. The van der Waals surface area contributed by atoms with Gasteiger partial charge < -0.3 is 14.6 Å². The lowest BCUT2D eigenvalue weighted by Gasteiger charge is -2.19. The maximum atomic E-state index is 12.9. The molecule has 9 heteroatoms. The highest BCUT2D eigenvalue weighted by Gasteiger charge is 2.19. The molecule has 0 aliphatic heterocycles. The first-order chi connectivity index (χ1) is 13.0. The van der Waals surface area contributed by atoms with Crippen molar-refractivity contribution < 1.29 is 24.2 Å². The van der Waals surface area contributed by atoms with Gasteiger partial charge in [-0.25, -0.2) is 9.78 Å². The van der Waals surface area contributed by atoms with E-state index in [0.717, 1.165) is 11.8 Å². The van der Waals surface area contributed by atoms with Crippen LogP contribution in [0.5, 0.6) is 0 Å². The average molecular weight is 408 g/mol. The Bertz CT molecular complexity index is 946. The Morgan fingerprint density at radius 1 is 1.32 bits per heavy atom. The first-order valence-corrected chi connectivity index (χ1v) is 9.66. The molecule has 0 aliphatic carbocycles. The van der Waals surface area contributed by atoms with E-state index in [1.807, 2.05) is 0 Å². The fourth-order valence-corrected chi connectivity index (χ4v) is 3.26. The van der Waals surface area contributed by atoms with E-state index in [1.165, 1.54) is 29.9 Å². The highest BCUT2D eigenvalue weighted by Crippen LogP contribution is 2.21. The summed E-state index contributed by atoms with van der Waals surface area (Å²) in [5, 5.41) is 10.3. The number of aromatic nitrogens is 2. The second-order valence-electron chi connectivity index (χ2n) is 7.26. The number of carbonyl (C=O) groups is 2. The highest BCUT2D eigenvalue weighted by atomic mass is 32.2. The van der Waals surface area contributed by atoms with E-state index in [-0.39, 0.29) is 28.6 Å². The zero-order valence-corrected chi connectivity index (χ0v) is 17.3. The number of carbonyl (C=O) groups excluding carboxylic acids is 2. The number of methoxy groups -OCH3 is 1. The number of aliphatic hydroxyl groups is 1. The summed E-state index contributed by atoms with van der Waals surface area (Å²) in [4.78, 5) is 41.1. The molecule has 1 aromatic carbocycles. The zero-order chi connectivity index (χ0) is 21.1. The molecule has 1 aromatic heterocycles. The van der Waals surface area contributed by atoms with Gasteiger partial charge in [-0.1, -0.05) is 11.8 Å². The van der Waals surface area contributed by atoms with Gasteiger partial charge in [-0.05, 0) is 45.9 Å². The summed E-state index contributed by atoms with van der Waals surface area (Å²) in [5.41, 5.74) is -0.419. The maximum Gasteiger partial charge on any atom is 0.337 e. The summed E-state index contributed by atoms with van der Waals surface area (Å²) in [7, 11) is 1.27. The summed E-state index contributed by atoms with van der Waals surface area (Å²) in [6.45, 7) is 6.88. The third-order valence-corrected chi connectivity index (χ3v) is 4.48. The van der Waals surface area contributed by atoms with Gasteiger partial charge in [0.15, 0.2) is 5.16 Å². The van der Waals surface area contributed by atoms with E-state index in [2.05, 4.69) is 4.98 Å². The van der Waals surface area contributed by atoms with Crippen molar-refractivity contribution >= 4 is 34.6 Å². The van der Waals surface area contributed by atoms with Crippen LogP contribution in [0.15, 0.2) is 28.2 Å². The molecule has 1 N–H and O–H groups in total. The predicted octanol–water partition coefficient (Wildman–Crippen LogP) is 2.00. The molecule has 0 amide bonds. The van der Waals surface area contributed by atoms with Gasteiger partial charge in [0, 0.05) is 0 Å². The molecule has 0 bridgehead atoms. The summed E-state index contributed by atoms with van der Waals surface area (Å²) in [6.07, 6.45) is -0.785. The van der Waals surface area contributed by atoms with Crippen molar-refractivity contribution in [2.24, 2.45) is 0 Å². The van der Waals surface area contributed by atoms with Crippen molar-refractivity contribution in [3.8, 4) is 0 Å². The molecule has 0 saturated carbocycles. The van der Waals surface area contributed by atoms with Gasteiger partial charge in [0.05, 0.1) is 42.0 Å². The number of thioether (sulfide) groups is 1. The fourth-order valence-electron chi connectivity index (χ4n) is 2.48. The summed E-state index contributed by atoms with van der Waals surface area (Å²) in [6, 6.07) is 4.45. The minimum Gasteiger partial charge on any atom is -0.465 e. The second kappa shape index (κ2) is 8.74. The van der Waals surface area contributed by atoms with Crippen molar-refractivity contribution in [2.75, 3.05) is 12.9 Å². The lowest BCUT2D eigenvalue weighted by Crippen LogP contribution is -2.29. The Morgan fingerprint density at radius 3 is 2.57 bits per heavy atom. The number of rotatable bonds is 6. The monoisotopic (exact) mass is 408 g/mol. The topological polar surface area (TPSA) is 108 Å². The standard InChI is InChI=1S/C19H24N2O6S/c1-11(22)9-21-16(24)13-7-6-12(17(25)26-5)8-14(13)20-18(21)28-10-15(23)27-19(2,3)4/h6-8,11,22H,9-10H2,1-5H3/t11-/m0/s1. The number of esters is 2. The molecule has 0 saturated heterocycles. The fraction of sp³-hybridized carbons (Fsp3) is 0.474. The minimum absolute atomic E-state index is 0.0250. The number of nitrogens with zero attached hydrogens (tertiary/aromatic N) is 2. The summed E-state index contributed by atoms with van der Waals surface area (Å²) < 4.78 is 11.3. The van der Waals surface area contributed by atoms with Crippen LogP contribution in [0, 0.1) is 0 Å². The number of fused-ring (bicyclic) bond motifs is 1. The van der Waals surface area contributed by atoms with E-state index in [1.54, 1.807) is 27.7 Å². The van der Waals surface area contributed by atoms with Crippen LogP contribution in [-0.2, 0) is 20.8 Å². The Labute approximate surface area is 166 Å². The van der Waals surface area contributed by atoms with E-state index in [9.17, 15) is 19.5 Å². The van der Waals surface area contributed by atoms with E-state index in [4.69, 9.17) is 9.47 Å². The molecule has 0 fully saturated rings. The molecule has 152 valence electrons. The van der Waals surface area contributed by atoms with Gasteiger partial charge in [-0.15, -0.1) is 0 Å². The van der Waals surface area contributed by atoms with Crippen molar-refractivity contribution in [3.05, 3.63) is 34.1 Å². The first kappa shape index (κ1) is 21.9. The van der Waals surface area contributed by atoms with Crippen LogP contribution >= 0.6 is 11.8 Å². The van der Waals surface area contributed by atoms with Crippen LogP contribution in [0.25, 0.3) is 10.9 Å². The van der Waals surface area contributed by atoms with Gasteiger partial charge in [0.25, 0.3) is 5.56 Å². The lowest BCUT2D eigenvalue weighted by atomic mass is 10.1. The van der Waals surface area contributed by atoms with Crippen LogP contribution in [0.4, 0.5) is 0 Å². The number of ether oxygens (including phenoxy) is 2. The molecule has 0 unspecified atom stereocenters. The SMILES string of the molecule is COC(=O)c1ccc2c(=O)n(C[C@H](C)O)c(SCC(=O)OC(C)(C)C)nc2c1. The molecule has 1 atom stereocenters. The summed E-state index contributed by atoms with van der Waals surface area (Å²) in [5.74, 6) is -1.04. The van der Waals surface area contributed by atoms with Gasteiger partial charge in [-0.3, -0.25) is 14.2 Å². The van der Waals surface area contributed by atoms with Crippen LogP contribution in [-0.4, -0.2) is 51.2 Å². The predicted molar refractivity (Wildman–Crippen MR) is 106 cm³/mol. The summed E-state index contributed by atoms with van der Waals surface area (Å²) >= 11 is 1.04. The normalized spacial score (nSPS) is 12.6. The second-order valence-corrected chi connectivity index (χ2v) is 8.20. The number of hydrogen-bond acceptors (Lipinski definition) is 8. The van der Waals surface area contributed by atoms with E-state index in [0.29, 0.717) is 10.9 Å². The minimum atomic E-state index is -0.785. The molecular weight excluding hydrogens is 384 g/mol. The van der Waals surface area contributed by atoms with Crippen LogP contribution in [0.3, 0.4) is 0 Å². The zero-order valence-electron chi connectivity index (χ0n) is 16.5. The van der Waals surface area contributed by atoms with Crippen molar-refractivity contribution in [1.82, 2.24) is 9.55 Å². The third kappa shape index (κ3) is 5.56. The van der Waals surface area contributed by atoms with Crippen molar-refractivity contribution in [2.45, 2.75) is 51.1 Å². The molecule has 0 radical (unpaired) electrons. The molecule has 0 aliphatic rings. The van der Waals surface area contributed by atoms with Crippen LogP contribution < -0.4 is 5.56 Å². The molecule has 28 heavy (non-hydrogen) atoms. The van der Waals surface area contributed by atoms with Gasteiger partial charge in [0.2, 0.25) is 0 Å². The van der Waals surface area contributed by atoms with Crippen molar-refractivity contribution in [3.63, 3.8) is 0 Å². The molecule has 0 spiro atoms. The first-order valence-electron chi connectivity index (χ1n) is 8.67. The Balaban J connectivity index is 2.46.